The number of nitrogens with zero attached hydrogens (tertiary/aromatic N) is 1. The maximum absolute atomic E-state index is 14.5. The molecule has 0 bridgehead atoms. The number of hydrogen-bond donors (Lipinski definition) is 3. The minimum atomic E-state index is -5.39. The maximum atomic E-state index is 14.5. The molecule has 1 aliphatic carbocycles. The van der Waals surface area contributed by atoms with Crippen LogP contribution in [0, 0.1) is 11.6 Å². The smallest absolute Gasteiger partial charge is 0.424 e. The summed E-state index contributed by atoms with van der Waals surface area (Å²) < 4.78 is 82.4. The van der Waals surface area contributed by atoms with E-state index in [4.69, 9.17) is 15.2 Å². The lowest BCUT2D eigenvalue weighted by Crippen LogP contribution is -2.51. The molecule has 5 rings (SSSR count). The molecule has 2 amide bonds. The lowest BCUT2D eigenvalue weighted by molar-refractivity contribution is -0.265. The summed E-state index contributed by atoms with van der Waals surface area (Å²) in [5.41, 5.74) is -1.23. The Balaban J connectivity index is 1.53. The van der Waals surface area contributed by atoms with Crippen molar-refractivity contribution in [3.63, 3.8) is 0 Å². The molecular weight excluding hydrogens is 553 g/mol. The van der Waals surface area contributed by atoms with E-state index in [0.717, 1.165) is 37.1 Å². The van der Waals surface area contributed by atoms with Gasteiger partial charge in [0, 0.05) is 16.7 Å². The van der Waals surface area contributed by atoms with E-state index in [1.54, 1.807) is 0 Å². The third-order valence-electron chi connectivity index (χ3n) is 7.14. The molecule has 1 fully saturated rings. The van der Waals surface area contributed by atoms with Crippen molar-refractivity contribution < 1.29 is 46.1 Å². The van der Waals surface area contributed by atoms with Crippen LogP contribution in [0.25, 0.3) is 11.3 Å². The van der Waals surface area contributed by atoms with Gasteiger partial charge in [0.15, 0.2) is 11.6 Å². The number of aliphatic hydroxyl groups is 1. The lowest BCUT2D eigenvalue weighted by Gasteiger charge is -2.31. The Kier molecular flexibility index (Phi) is 6.88. The second-order valence-electron chi connectivity index (χ2n) is 10.2. The second-order valence-corrected chi connectivity index (χ2v) is 10.2. The van der Waals surface area contributed by atoms with Crippen LogP contribution >= 0.6 is 0 Å². The molecule has 41 heavy (non-hydrogen) atoms. The Morgan fingerprint density at radius 2 is 1.83 bits per heavy atom. The summed E-state index contributed by atoms with van der Waals surface area (Å²) in [6.07, 6.45) is -3.98. The number of nitrogens with two attached hydrogens (primary N) is 1. The first-order valence-corrected chi connectivity index (χ1v) is 12.5. The van der Waals surface area contributed by atoms with Gasteiger partial charge in [-0.3, -0.25) is 9.59 Å². The molecule has 2 heterocycles. The predicted molar refractivity (Wildman–Crippen MR) is 134 cm³/mol. The van der Waals surface area contributed by atoms with Gasteiger partial charge in [0.25, 0.3) is 5.91 Å². The number of halogens is 5. The first-order valence-electron chi connectivity index (χ1n) is 12.5. The molecule has 1 aliphatic heterocycles. The fourth-order valence-corrected chi connectivity index (χ4v) is 4.35. The van der Waals surface area contributed by atoms with E-state index in [1.165, 1.54) is 31.2 Å². The molecule has 2 atom stereocenters. The highest BCUT2D eigenvalue weighted by Gasteiger charge is 2.57. The quantitative estimate of drug-likeness (QED) is 0.349. The van der Waals surface area contributed by atoms with Crippen LogP contribution < -0.4 is 20.5 Å². The molecule has 2 aromatic carbocycles. The summed E-state index contributed by atoms with van der Waals surface area (Å²) in [6, 6.07) is 8.62. The highest BCUT2D eigenvalue weighted by Crippen LogP contribution is 2.47. The van der Waals surface area contributed by atoms with Crippen molar-refractivity contribution >= 4 is 11.8 Å². The van der Waals surface area contributed by atoms with Crippen LogP contribution in [0.1, 0.15) is 41.4 Å². The van der Waals surface area contributed by atoms with Crippen molar-refractivity contribution in [1.29, 1.82) is 0 Å². The van der Waals surface area contributed by atoms with Gasteiger partial charge in [-0.25, -0.2) is 13.8 Å². The van der Waals surface area contributed by atoms with Crippen LogP contribution in [0.3, 0.4) is 0 Å². The average molecular weight is 578 g/mol. The second kappa shape index (κ2) is 9.98. The number of ether oxygens (including phenoxy) is 2. The lowest BCUT2D eigenvalue weighted by atomic mass is 9.81. The summed E-state index contributed by atoms with van der Waals surface area (Å²) >= 11 is 0. The van der Waals surface area contributed by atoms with Gasteiger partial charge in [-0.15, -0.1) is 0 Å². The summed E-state index contributed by atoms with van der Waals surface area (Å²) in [5, 5.41) is 13.1. The third-order valence-corrected chi connectivity index (χ3v) is 7.14. The number of benzene rings is 2. The average Bonchev–Trinajstić information content (AvgIpc) is 3.68. The standard InChI is InChI=1S/C28H24F5N3O5/c1-26(25(34)38)13-40-23-18(26)11-21(36-22(23)14-2-5-16(29)6-3-14)27(39,28(31,32)33)12-35-24(37)15-4-9-20(19(30)10-15)41-17-7-8-17/h2-6,9-11,17,39H,7-8,12-13H2,1H3,(H2,34,38)(H,35,37)/t26-,27?/m0/s1. The van der Waals surface area contributed by atoms with E-state index in [0.29, 0.717) is 0 Å². The molecule has 0 radical (unpaired) electrons. The minimum absolute atomic E-state index is 0.0563. The topological polar surface area (TPSA) is 124 Å². The number of fused-ring (bicyclic) bond motifs is 1. The number of primary amides is 1. The number of carbonyl (C=O) groups excluding carboxylic acids is 2. The Bertz CT molecular complexity index is 1530. The Labute approximate surface area is 230 Å². The van der Waals surface area contributed by atoms with Crippen LogP contribution in [0.15, 0.2) is 48.5 Å². The molecule has 216 valence electrons. The largest absolute Gasteiger partial charge is 0.489 e. The zero-order valence-corrected chi connectivity index (χ0v) is 21.5. The number of amides is 2. The molecule has 0 spiro atoms. The van der Waals surface area contributed by atoms with Crippen molar-refractivity contribution in [1.82, 2.24) is 10.3 Å². The van der Waals surface area contributed by atoms with Crippen LogP contribution in [0.4, 0.5) is 22.0 Å². The summed E-state index contributed by atoms with van der Waals surface area (Å²) in [7, 11) is 0. The van der Waals surface area contributed by atoms with Crippen LogP contribution in [-0.2, 0) is 15.8 Å². The van der Waals surface area contributed by atoms with Gasteiger partial charge in [-0.05, 0) is 68.3 Å². The number of hydrogen-bond acceptors (Lipinski definition) is 6. The first kappa shape index (κ1) is 28.3. The number of pyridine rings is 1. The molecule has 1 saturated carbocycles. The van der Waals surface area contributed by atoms with Gasteiger partial charge < -0.3 is 25.6 Å². The molecule has 8 nitrogen and oxygen atoms in total. The van der Waals surface area contributed by atoms with Crippen LogP contribution in [0.5, 0.6) is 11.5 Å². The van der Waals surface area contributed by atoms with Gasteiger partial charge >= 0.3 is 6.18 Å². The number of nitrogens with one attached hydrogen (secondary N) is 1. The predicted octanol–water partition coefficient (Wildman–Crippen LogP) is 3.88. The van der Waals surface area contributed by atoms with Crippen molar-refractivity contribution in [2.75, 3.05) is 13.2 Å². The van der Waals surface area contributed by atoms with Gasteiger partial charge in [0.2, 0.25) is 11.5 Å². The Hall–Kier alpha value is -4.26. The fraction of sp³-hybridized carbons (Fsp3) is 0.321. The molecule has 0 saturated heterocycles. The molecule has 2 aliphatic rings. The van der Waals surface area contributed by atoms with Gasteiger partial charge in [0.1, 0.15) is 29.3 Å². The monoisotopic (exact) mass is 577 g/mol. The molecule has 3 aromatic rings. The highest BCUT2D eigenvalue weighted by molar-refractivity contribution is 5.94. The minimum Gasteiger partial charge on any atom is -0.489 e. The number of carbonyl (C=O) groups is 2. The normalized spacial score (nSPS) is 19.6. The molecular formula is C28H24F5N3O5. The zero-order valence-electron chi connectivity index (χ0n) is 21.5. The molecule has 1 aromatic heterocycles. The first-order chi connectivity index (χ1) is 19.2. The van der Waals surface area contributed by atoms with Crippen LogP contribution in [-0.4, -0.2) is 47.3 Å². The molecule has 1 unspecified atom stereocenters. The van der Waals surface area contributed by atoms with Crippen molar-refractivity contribution in [2.24, 2.45) is 5.73 Å². The van der Waals surface area contributed by atoms with E-state index in [1.807, 2.05) is 5.32 Å². The van der Waals surface area contributed by atoms with Gasteiger partial charge in [-0.1, -0.05) is 0 Å². The summed E-state index contributed by atoms with van der Waals surface area (Å²) in [4.78, 5) is 29.0. The Morgan fingerprint density at radius 3 is 2.41 bits per heavy atom. The molecule has 4 N–H and O–H groups in total. The summed E-state index contributed by atoms with van der Waals surface area (Å²) in [5.74, 6) is -3.65. The van der Waals surface area contributed by atoms with Gasteiger partial charge in [0.05, 0.1) is 18.3 Å². The van der Waals surface area contributed by atoms with E-state index < -0.39 is 52.9 Å². The zero-order chi connectivity index (χ0) is 29.7. The number of alkyl halides is 3. The van der Waals surface area contributed by atoms with E-state index in [-0.39, 0.29) is 46.6 Å². The SMILES string of the molecule is C[C@]1(C(N)=O)COc2c1cc(C(O)(CNC(=O)c1ccc(OC3CC3)c(F)c1)C(F)(F)F)nc2-c1ccc(F)cc1. The fourth-order valence-electron chi connectivity index (χ4n) is 4.35. The maximum Gasteiger partial charge on any atom is 0.424 e. The van der Waals surface area contributed by atoms with Crippen LogP contribution in [0.2, 0.25) is 0 Å². The van der Waals surface area contributed by atoms with E-state index in [2.05, 4.69) is 4.98 Å². The van der Waals surface area contributed by atoms with E-state index in [9.17, 15) is 36.6 Å². The van der Waals surface area contributed by atoms with Crippen molar-refractivity contribution in [3.05, 3.63) is 77.0 Å². The Morgan fingerprint density at radius 1 is 1.15 bits per heavy atom. The van der Waals surface area contributed by atoms with Gasteiger partial charge in [-0.2, -0.15) is 13.2 Å². The van der Waals surface area contributed by atoms with E-state index >= 15 is 0 Å². The summed E-state index contributed by atoms with van der Waals surface area (Å²) in [6.45, 7) is -0.372. The number of rotatable bonds is 8. The van der Waals surface area contributed by atoms with Crippen molar-refractivity contribution in [2.45, 2.75) is 43.1 Å². The van der Waals surface area contributed by atoms with Crippen molar-refractivity contribution in [3.8, 4) is 22.8 Å². The number of aromatic nitrogens is 1. The molecule has 13 heteroatoms. The highest BCUT2D eigenvalue weighted by atomic mass is 19.4. The third kappa shape index (κ3) is 5.17.